The number of hydrogen-bond acceptors (Lipinski definition) is 3. The zero-order valence-corrected chi connectivity index (χ0v) is 12.8. The Labute approximate surface area is 123 Å². The second-order valence-electron chi connectivity index (χ2n) is 6.57. The molecular formula is C14H23F2NO4. The summed E-state index contributed by atoms with van der Waals surface area (Å²) in [7, 11) is 1.54. The third-order valence-electron chi connectivity index (χ3n) is 3.61. The van der Waals surface area contributed by atoms with E-state index in [4.69, 9.17) is 9.84 Å². The minimum Gasteiger partial charge on any atom is -0.481 e. The van der Waals surface area contributed by atoms with Crippen LogP contribution in [-0.4, -0.2) is 35.7 Å². The monoisotopic (exact) mass is 307 g/mol. The van der Waals surface area contributed by atoms with E-state index in [0.717, 1.165) is 0 Å². The highest BCUT2D eigenvalue weighted by molar-refractivity contribution is 5.67. The number of halogens is 2. The summed E-state index contributed by atoms with van der Waals surface area (Å²) in [5.74, 6) is -4.33. The number of carbonyl (C=O) groups excluding carboxylic acids is 1. The predicted molar refractivity (Wildman–Crippen MR) is 72.2 cm³/mol. The molecule has 0 aromatic rings. The van der Waals surface area contributed by atoms with Gasteiger partial charge in [-0.25, -0.2) is 13.6 Å². The van der Waals surface area contributed by atoms with E-state index in [1.165, 1.54) is 7.05 Å². The molecule has 0 aromatic carbocycles. The standard InChI is InChI=1S/C8H10F2O2.C6H13NO2/c9-8(10)5-1-4(2-6(5)8)3-7(11)12;1-6(2,3)9-5(8)7-4/h4-6H,1-3H2,(H,11,12);1-4H3,(H,7,8). The SMILES string of the molecule is CNC(=O)OC(C)(C)C.O=C(O)CC1CC2C(C1)C2(F)F. The molecule has 2 aliphatic rings. The number of carboxylic acids is 1. The molecule has 0 spiro atoms. The summed E-state index contributed by atoms with van der Waals surface area (Å²) >= 11 is 0. The van der Waals surface area contributed by atoms with Gasteiger partial charge in [-0.15, -0.1) is 0 Å². The van der Waals surface area contributed by atoms with Crippen LogP contribution in [0.25, 0.3) is 0 Å². The third kappa shape index (κ3) is 5.13. The number of rotatable bonds is 2. The van der Waals surface area contributed by atoms with Crippen LogP contribution in [0.15, 0.2) is 0 Å². The highest BCUT2D eigenvalue weighted by Crippen LogP contribution is 2.66. The van der Waals surface area contributed by atoms with Crippen molar-refractivity contribution in [3.63, 3.8) is 0 Å². The summed E-state index contributed by atoms with van der Waals surface area (Å²) < 4.78 is 30.0. The molecule has 0 bridgehead atoms. The van der Waals surface area contributed by atoms with E-state index < -0.39 is 23.7 Å². The number of carbonyl (C=O) groups is 2. The quantitative estimate of drug-likeness (QED) is 0.822. The Bertz CT molecular complexity index is 392. The van der Waals surface area contributed by atoms with Crippen molar-refractivity contribution in [3.8, 4) is 0 Å². The van der Waals surface area contributed by atoms with Crippen LogP contribution in [-0.2, 0) is 9.53 Å². The number of carboxylic acid groups (broad SMARTS) is 1. The van der Waals surface area contributed by atoms with Gasteiger partial charge >= 0.3 is 12.1 Å². The molecule has 122 valence electrons. The summed E-state index contributed by atoms with van der Waals surface area (Å²) in [5, 5.41) is 10.8. The molecule has 2 N–H and O–H groups in total. The average Bonchev–Trinajstić information content (AvgIpc) is 2.69. The van der Waals surface area contributed by atoms with E-state index in [1.54, 1.807) is 0 Å². The van der Waals surface area contributed by atoms with Gasteiger partial charge in [-0.2, -0.15) is 0 Å². The number of nitrogens with one attached hydrogen (secondary N) is 1. The summed E-state index contributed by atoms with van der Waals surface area (Å²) in [5.41, 5.74) is -0.389. The maximum Gasteiger partial charge on any atom is 0.407 e. The van der Waals surface area contributed by atoms with Gasteiger partial charge in [-0.05, 0) is 39.5 Å². The van der Waals surface area contributed by atoms with Gasteiger partial charge in [0.25, 0.3) is 5.92 Å². The van der Waals surface area contributed by atoms with Crippen molar-refractivity contribution in [2.45, 2.75) is 51.6 Å². The number of alkyl carbamates (subject to hydrolysis) is 1. The van der Waals surface area contributed by atoms with Gasteiger partial charge in [0.05, 0.1) is 0 Å². The topological polar surface area (TPSA) is 75.6 Å². The van der Waals surface area contributed by atoms with Crippen molar-refractivity contribution < 1.29 is 28.2 Å². The van der Waals surface area contributed by atoms with Crippen LogP contribution in [0, 0.1) is 17.8 Å². The Morgan fingerprint density at radius 3 is 2.05 bits per heavy atom. The van der Waals surface area contributed by atoms with Crippen molar-refractivity contribution in [3.05, 3.63) is 0 Å². The van der Waals surface area contributed by atoms with Crippen LogP contribution < -0.4 is 5.32 Å². The van der Waals surface area contributed by atoms with E-state index >= 15 is 0 Å². The smallest absolute Gasteiger partial charge is 0.407 e. The molecule has 2 rings (SSSR count). The lowest BCUT2D eigenvalue weighted by molar-refractivity contribution is -0.138. The van der Waals surface area contributed by atoms with Crippen LogP contribution in [0.1, 0.15) is 40.0 Å². The molecule has 5 nitrogen and oxygen atoms in total. The molecule has 2 saturated carbocycles. The van der Waals surface area contributed by atoms with Crippen LogP contribution in [0.3, 0.4) is 0 Å². The Morgan fingerprint density at radius 2 is 1.76 bits per heavy atom. The van der Waals surface area contributed by atoms with Gasteiger partial charge in [-0.3, -0.25) is 4.79 Å². The van der Waals surface area contributed by atoms with E-state index in [0.29, 0.717) is 12.8 Å². The van der Waals surface area contributed by atoms with Crippen LogP contribution in [0.5, 0.6) is 0 Å². The number of ether oxygens (including phenoxy) is 1. The minimum atomic E-state index is -2.46. The lowest BCUT2D eigenvalue weighted by Gasteiger charge is -2.18. The number of amides is 1. The van der Waals surface area contributed by atoms with Gasteiger partial charge in [0.1, 0.15) is 5.60 Å². The van der Waals surface area contributed by atoms with Crippen molar-refractivity contribution in [1.82, 2.24) is 5.32 Å². The molecule has 7 heteroatoms. The number of aliphatic carboxylic acids is 1. The van der Waals surface area contributed by atoms with Gasteiger partial charge in [0.2, 0.25) is 0 Å². The van der Waals surface area contributed by atoms with Crippen molar-refractivity contribution >= 4 is 12.1 Å². The second-order valence-corrected chi connectivity index (χ2v) is 6.57. The van der Waals surface area contributed by atoms with Crippen LogP contribution in [0.4, 0.5) is 13.6 Å². The highest BCUT2D eigenvalue weighted by Gasteiger charge is 2.71. The number of hydrogen-bond donors (Lipinski definition) is 2. The number of fused-ring (bicyclic) bond motifs is 1. The van der Waals surface area contributed by atoms with Crippen molar-refractivity contribution in [2.24, 2.45) is 17.8 Å². The first-order valence-electron chi connectivity index (χ1n) is 6.97. The first-order chi connectivity index (χ1) is 9.47. The Hall–Kier alpha value is -1.40. The van der Waals surface area contributed by atoms with Gasteiger partial charge in [-0.1, -0.05) is 0 Å². The average molecular weight is 307 g/mol. The van der Waals surface area contributed by atoms with Crippen LogP contribution in [0.2, 0.25) is 0 Å². The molecule has 0 aromatic heterocycles. The molecule has 2 fully saturated rings. The van der Waals surface area contributed by atoms with E-state index in [1.807, 2.05) is 20.8 Å². The molecule has 21 heavy (non-hydrogen) atoms. The first-order valence-corrected chi connectivity index (χ1v) is 6.97. The van der Waals surface area contributed by atoms with E-state index in [2.05, 4.69) is 5.32 Å². The Morgan fingerprint density at radius 1 is 1.29 bits per heavy atom. The fourth-order valence-electron chi connectivity index (χ4n) is 2.66. The normalized spacial score (nSPS) is 28.8. The minimum absolute atomic E-state index is 0.00266. The maximum atomic E-state index is 12.6. The predicted octanol–water partition coefficient (Wildman–Crippen LogP) is 2.89. The maximum absolute atomic E-state index is 12.6. The fraction of sp³-hybridized carbons (Fsp3) is 0.857. The molecule has 0 saturated heterocycles. The highest BCUT2D eigenvalue weighted by atomic mass is 19.3. The van der Waals surface area contributed by atoms with Gasteiger partial charge in [0, 0.05) is 25.3 Å². The molecule has 2 unspecified atom stereocenters. The lowest BCUT2D eigenvalue weighted by atomic mass is 9.99. The molecule has 0 heterocycles. The van der Waals surface area contributed by atoms with E-state index in [9.17, 15) is 18.4 Å². The van der Waals surface area contributed by atoms with E-state index in [-0.39, 0.29) is 24.0 Å². The zero-order chi connectivity index (χ0) is 16.4. The number of alkyl halides is 2. The lowest BCUT2D eigenvalue weighted by Crippen LogP contribution is -2.30. The third-order valence-corrected chi connectivity index (χ3v) is 3.61. The van der Waals surface area contributed by atoms with Crippen LogP contribution >= 0.6 is 0 Å². The van der Waals surface area contributed by atoms with Crippen molar-refractivity contribution in [2.75, 3.05) is 7.05 Å². The summed E-state index contributed by atoms with van der Waals surface area (Å²) in [6.45, 7) is 5.46. The summed E-state index contributed by atoms with van der Waals surface area (Å²) in [4.78, 5) is 20.7. The Kier molecular flexibility index (Phi) is 5.17. The van der Waals surface area contributed by atoms with Crippen molar-refractivity contribution in [1.29, 1.82) is 0 Å². The summed E-state index contributed by atoms with van der Waals surface area (Å²) in [6.07, 6.45) is 0.485. The largest absolute Gasteiger partial charge is 0.481 e. The zero-order valence-electron chi connectivity index (χ0n) is 12.8. The van der Waals surface area contributed by atoms with Gasteiger partial charge in [0.15, 0.2) is 0 Å². The Balaban J connectivity index is 0.000000222. The molecule has 2 atom stereocenters. The molecule has 1 amide bonds. The molecule has 2 aliphatic carbocycles. The summed E-state index contributed by atoms with van der Waals surface area (Å²) in [6, 6.07) is 0. The molecule has 0 aliphatic heterocycles. The second kappa shape index (κ2) is 6.15. The fourth-order valence-corrected chi connectivity index (χ4v) is 2.66. The van der Waals surface area contributed by atoms with Gasteiger partial charge < -0.3 is 15.2 Å². The molecular weight excluding hydrogens is 284 g/mol. The first kappa shape index (κ1) is 17.7. The molecule has 0 radical (unpaired) electrons.